The smallest absolute Gasteiger partial charge is 0.332 e. The molecule has 0 atom stereocenters. The Morgan fingerprint density at radius 1 is 1.08 bits per heavy atom. The molecule has 0 unspecified atom stereocenters. The largest absolute Gasteiger partial charge is 0.493 e. The summed E-state index contributed by atoms with van der Waals surface area (Å²) >= 11 is 0. The first-order chi connectivity index (χ1) is 17.2. The predicted molar refractivity (Wildman–Crippen MR) is 149 cm³/mol. The Bertz CT molecular complexity index is 1280. The number of hydrogen-bond donors (Lipinski definition) is 1. The molecule has 1 aliphatic heterocycles. The molecule has 0 saturated heterocycles. The monoisotopic (exact) mass is 544 g/mol. The second-order valence-electron chi connectivity index (χ2n) is 11.0. The van der Waals surface area contributed by atoms with Crippen molar-refractivity contribution in [2.45, 2.75) is 58.7 Å². The Labute approximate surface area is 221 Å². The van der Waals surface area contributed by atoms with E-state index in [1.807, 2.05) is 30.3 Å². The number of carbonyl (C=O) groups is 1. The number of ether oxygens (including phenoxy) is 2. The molecule has 0 aliphatic carbocycles. The van der Waals surface area contributed by atoms with Crippen molar-refractivity contribution >= 4 is 36.0 Å². The number of aliphatic hydroxyl groups excluding tert-OH is 1. The number of aliphatic hydroxyl groups is 1. The first-order valence-corrected chi connectivity index (χ1v) is 17.2. The third-order valence-electron chi connectivity index (χ3n) is 5.36. The van der Waals surface area contributed by atoms with Crippen LogP contribution < -0.4 is 9.04 Å². The lowest BCUT2D eigenvalue weighted by molar-refractivity contribution is -0.148. The van der Waals surface area contributed by atoms with Crippen LogP contribution in [0.2, 0.25) is 25.7 Å². The van der Waals surface area contributed by atoms with Crippen molar-refractivity contribution in [1.29, 1.82) is 0 Å². The zero-order valence-electron chi connectivity index (χ0n) is 22.3. The van der Waals surface area contributed by atoms with Crippen molar-refractivity contribution in [3.05, 3.63) is 77.8 Å². The highest BCUT2D eigenvalue weighted by atomic mass is 32.2. The molecule has 200 valence electrons. The number of anilines is 1. The molecule has 0 saturated carbocycles. The van der Waals surface area contributed by atoms with Crippen molar-refractivity contribution in [2.75, 3.05) is 10.8 Å². The molecule has 37 heavy (non-hydrogen) atoms. The molecule has 0 radical (unpaired) electrons. The van der Waals surface area contributed by atoms with E-state index in [1.54, 1.807) is 45.0 Å². The minimum atomic E-state index is -4.04. The summed E-state index contributed by atoms with van der Waals surface area (Å²) in [4.78, 5) is 12.1. The van der Waals surface area contributed by atoms with E-state index in [9.17, 15) is 18.3 Å². The molecule has 0 fully saturated rings. The zero-order valence-corrected chi connectivity index (χ0v) is 24.1. The van der Waals surface area contributed by atoms with Gasteiger partial charge in [-0.1, -0.05) is 56.0 Å². The third kappa shape index (κ3) is 7.87. The van der Waals surface area contributed by atoms with Gasteiger partial charge in [0, 0.05) is 20.7 Å². The van der Waals surface area contributed by atoms with Crippen molar-refractivity contribution in [3.8, 4) is 5.75 Å². The highest BCUT2D eigenvalue weighted by molar-refractivity contribution is 7.91. The van der Waals surface area contributed by atoms with E-state index < -0.39 is 29.9 Å². The normalized spacial score (nSPS) is 15.7. The molecule has 0 aromatic heterocycles. The van der Waals surface area contributed by atoms with E-state index in [0.717, 1.165) is 14.2 Å². The van der Waals surface area contributed by atoms with Gasteiger partial charge in [-0.15, -0.1) is 0 Å². The molecule has 2 aromatic carbocycles. The maximum absolute atomic E-state index is 13.4. The summed E-state index contributed by atoms with van der Waals surface area (Å²) in [5, 5.41) is 10.5. The average molecular weight is 545 g/mol. The lowest BCUT2D eigenvalue weighted by Crippen LogP contribution is -2.37. The summed E-state index contributed by atoms with van der Waals surface area (Å²) in [5.74, 6) is -0.535. The van der Waals surface area contributed by atoms with Crippen LogP contribution in [-0.2, 0) is 26.3 Å². The van der Waals surface area contributed by atoms with Gasteiger partial charge < -0.3 is 14.6 Å². The SMILES string of the molecule is CC(C)(C)OC(=O)C=Cc1ccc(N2C=C(O)N(CC[Si](C)(C)C)S2(=O)=O)c(OCc2ccccc2)c1. The van der Waals surface area contributed by atoms with Crippen LogP contribution in [0.15, 0.2) is 66.7 Å². The molecule has 0 bridgehead atoms. The van der Waals surface area contributed by atoms with Gasteiger partial charge in [0.05, 0.1) is 6.20 Å². The second-order valence-corrected chi connectivity index (χ2v) is 18.4. The fourth-order valence-corrected chi connectivity index (χ4v) is 5.99. The summed E-state index contributed by atoms with van der Waals surface area (Å²) in [6.07, 6.45) is 4.09. The van der Waals surface area contributed by atoms with E-state index in [4.69, 9.17) is 9.47 Å². The Morgan fingerprint density at radius 3 is 2.38 bits per heavy atom. The predicted octanol–water partition coefficient (Wildman–Crippen LogP) is 5.68. The quantitative estimate of drug-likeness (QED) is 0.248. The van der Waals surface area contributed by atoms with Crippen molar-refractivity contribution in [2.24, 2.45) is 0 Å². The average Bonchev–Trinajstić information content (AvgIpc) is 3.01. The summed E-state index contributed by atoms with van der Waals surface area (Å²) in [7, 11) is -5.60. The van der Waals surface area contributed by atoms with E-state index in [-0.39, 0.29) is 30.5 Å². The summed E-state index contributed by atoms with van der Waals surface area (Å²) in [6, 6.07) is 15.1. The van der Waals surface area contributed by atoms with Gasteiger partial charge in [-0.05, 0) is 56.2 Å². The van der Waals surface area contributed by atoms with Crippen molar-refractivity contribution < 1.29 is 27.8 Å². The molecule has 1 N–H and O–H groups in total. The van der Waals surface area contributed by atoms with Crippen molar-refractivity contribution in [3.63, 3.8) is 0 Å². The number of carbonyl (C=O) groups excluding carboxylic acids is 1. The van der Waals surface area contributed by atoms with Gasteiger partial charge in [0.25, 0.3) is 0 Å². The van der Waals surface area contributed by atoms with Crippen LogP contribution in [0.3, 0.4) is 0 Å². The fraction of sp³-hybridized carbons (Fsp3) is 0.370. The maximum atomic E-state index is 13.4. The number of benzene rings is 2. The lowest BCUT2D eigenvalue weighted by atomic mass is 10.1. The van der Waals surface area contributed by atoms with Gasteiger partial charge in [-0.3, -0.25) is 0 Å². The van der Waals surface area contributed by atoms with E-state index in [1.165, 1.54) is 12.3 Å². The lowest BCUT2D eigenvalue weighted by Gasteiger charge is -2.25. The standard InChI is InChI=1S/C27H36N2O6SSi/c1-27(2,3)35-26(31)15-13-21-12-14-23(24(18-21)34-20-22-10-8-7-9-11-22)29-19-25(30)28(36(29,32)33)16-17-37(4,5)6/h7-15,18-19,30H,16-17,20H2,1-6H3. The molecule has 1 aliphatic rings. The Hall–Kier alpha value is -3.24. The summed E-state index contributed by atoms with van der Waals surface area (Å²) in [6.45, 7) is 12.2. The number of esters is 1. The topological polar surface area (TPSA) is 96.4 Å². The third-order valence-corrected chi connectivity index (χ3v) is 8.81. The Kier molecular flexibility index (Phi) is 8.44. The Morgan fingerprint density at radius 2 is 1.76 bits per heavy atom. The molecule has 3 rings (SSSR count). The molecule has 2 aromatic rings. The molecule has 8 nitrogen and oxygen atoms in total. The minimum Gasteiger partial charge on any atom is -0.493 e. The molecular weight excluding hydrogens is 508 g/mol. The molecule has 0 amide bonds. The highest BCUT2D eigenvalue weighted by Gasteiger charge is 2.39. The van der Waals surface area contributed by atoms with E-state index in [2.05, 4.69) is 19.6 Å². The summed E-state index contributed by atoms with van der Waals surface area (Å²) < 4.78 is 40.3. The van der Waals surface area contributed by atoms with Gasteiger partial charge in [0.15, 0.2) is 0 Å². The molecular formula is C27H36N2O6SSi. The van der Waals surface area contributed by atoms with Crippen LogP contribution in [-0.4, -0.2) is 44.0 Å². The molecule has 0 spiro atoms. The van der Waals surface area contributed by atoms with Gasteiger partial charge in [0.2, 0.25) is 5.88 Å². The minimum absolute atomic E-state index is 0.202. The molecule has 1 heterocycles. The Balaban J connectivity index is 1.93. The fourth-order valence-electron chi connectivity index (χ4n) is 3.49. The number of hydrogen-bond acceptors (Lipinski definition) is 6. The van der Waals surface area contributed by atoms with Crippen LogP contribution in [0.25, 0.3) is 6.08 Å². The maximum Gasteiger partial charge on any atom is 0.332 e. The van der Waals surface area contributed by atoms with Crippen LogP contribution >= 0.6 is 0 Å². The van der Waals surface area contributed by atoms with Gasteiger partial charge in [0.1, 0.15) is 23.6 Å². The van der Waals surface area contributed by atoms with Gasteiger partial charge in [-0.25, -0.2) is 13.4 Å². The number of nitrogens with zero attached hydrogens (tertiary/aromatic N) is 2. The second kappa shape index (κ2) is 11.0. The van der Waals surface area contributed by atoms with Crippen molar-refractivity contribution in [1.82, 2.24) is 4.31 Å². The zero-order chi connectivity index (χ0) is 27.4. The van der Waals surface area contributed by atoms with Crippen LogP contribution in [0.1, 0.15) is 31.9 Å². The van der Waals surface area contributed by atoms with Gasteiger partial charge >= 0.3 is 16.2 Å². The van der Waals surface area contributed by atoms with E-state index in [0.29, 0.717) is 11.6 Å². The number of rotatable bonds is 9. The van der Waals surface area contributed by atoms with Crippen LogP contribution in [0.5, 0.6) is 5.75 Å². The van der Waals surface area contributed by atoms with Crippen LogP contribution in [0.4, 0.5) is 5.69 Å². The first-order valence-electron chi connectivity index (χ1n) is 12.1. The van der Waals surface area contributed by atoms with Gasteiger partial charge in [-0.2, -0.15) is 8.42 Å². The first kappa shape index (κ1) is 28.3. The van der Waals surface area contributed by atoms with Crippen LogP contribution in [0, 0.1) is 0 Å². The highest BCUT2D eigenvalue weighted by Crippen LogP contribution is 2.37. The van der Waals surface area contributed by atoms with E-state index >= 15 is 0 Å². The summed E-state index contributed by atoms with van der Waals surface area (Å²) in [5.41, 5.74) is 1.17. The molecule has 10 heteroatoms.